The van der Waals surface area contributed by atoms with Crippen molar-refractivity contribution in [3.05, 3.63) is 51.6 Å². The molecular weight excluding hydrogens is 287 g/mol. The molecule has 1 aromatic carbocycles. The van der Waals surface area contributed by atoms with E-state index in [9.17, 15) is 4.79 Å². The number of hydrogen-bond acceptors (Lipinski definition) is 4. The van der Waals surface area contributed by atoms with Crippen LogP contribution >= 0.6 is 0 Å². The standard InChI is InChI=1S/C12H15N2O2.H2N2O2.Na/c15-12(14-8-6-13-7-9-14)16-10-11-4-2-1-3-5-11;3-1-2-4;/h1-5H,6-10H2;1-2H;/q-1;;+1. The number of amides is 1. The first-order valence-corrected chi connectivity index (χ1v) is 6.11. The monoisotopic (exact) mass is 304 g/mol. The van der Waals surface area contributed by atoms with E-state index < -0.39 is 0 Å². The molecule has 1 aliphatic heterocycles. The Kier molecular flexibility index (Phi) is 11.6. The normalized spacial score (nSPS) is 13.8. The first-order valence-electron chi connectivity index (χ1n) is 6.11. The maximum atomic E-state index is 11.6. The third-order valence-corrected chi connectivity index (χ3v) is 2.56. The number of ether oxygens (including phenoxy) is 1. The molecule has 8 nitrogen and oxygen atoms in total. The van der Waals surface area contributed by atoms with E-state index in [1.54, 1.807) is 4.90 Å². The third kappa shape index (κ3) is 8.51. The van der Waals surface area contributed by atoms with Crippen molar-refractivity contribution in [3.63, 3.8) is 0 Å². The summed E-state index contributed by atoms with van der Waals surface area (Å²) in [7, 11) is 0. The number of carbonyl (C=O) groups is 1. The Morgan fingerprint density at radius 2 is 1.76 bits per heavy atom. The molecule has 0 aromatic heterocycles. The second kappa shape index (κ2) is 12.4. The van der Waals surface area contributed by atoms with Crippen molar-refractivity contribution in [1.82, 2.24) is 4.90 Å². The minimum atomic E-state index is -0.237. The first-order chi connectivity index (χ1) is 9.77. The van der Waals surface area contributed by atoms with Crippen molar-refractivity contribution in [2.45, 2.75) is 6.61 Å². The molecule has 1 amide bonds. The van der Waals surface area contributed by atoms with E-state index in [4.69, 9.17) is 15.2 Å². The topological polar surface area (TPSA) is 118 Å². The van der Waals surface area contributed by atoms with Crippen LogP contribution in [0.15, 0.2) is 30.3 Å². The fourth-order valence-corrected chi connectivity index (χ4v) is 1.60. The number of nitrogens with zero attached hydrogens (tertiary/aromatic N) is 2. The van der Waals surface area contributed by atoms with Crippen molar-refractivity contribution in [2.24, 2.45) is 0 Å². The van der Waals surface area contributed by atoms with Crippen LogP contribution in [0.25, 0.3) is 5.32 Å². The van der Waals surface area contributed by atoms with Gasteiger partial charge in [0.1, 0.15) is 6.61 Å². The van der Waals surface area contributed by atoms with Gasteiger partial charge in [0.15, 0.2) is 0 Å². The van der Waals surface area contributed by atoms with Gasteiger partial charge in [0, 0.05) is 23.6 Å². The molecule has 0 bridgehead atoms. The summed E-state index contributed by atoms with van der Waals surface area (Å²) in [4.78, 5) is 13.3. The predicted octanol–water partition coefficient (Wildman–Crippen LogP) is -4.39. The Hall–Kier alpha value is -1.35. The van der Waals surface area contributed by atoms with E-state index >= 15 is 0 Å². The number of nitrogens with one attached hydrogen (secondary N) is 2. The quantitative estimate of drug-likeness (QED) is 0.326. The van der Waals surface area contributed by atoms with E-state index in [0.29, 0.717) is 19.7 Å². The molecule has 1 aliphatic rings. The minimum Gasteiger partial charge on any atom is -0.659 e. The Morgan fingerprint density at radius 1 is 1.19 bits per heavy atom. The van der Waals surface area contributed by atoms with Gasteiger partial charge in [-0.05, 0) is 5.56 Å². The molecule has 1 aromatic rings. The summed E-state index contributed by atoms with van der Waals surface area (Å²) in [6, 6.07) is 9.70. The molecule has 2 N–H and O–H groups in total. The Bertz CT molecular complexity index is 409. The second-order valence-corrected chi connectivity index (χ2v) is 3.90. The van der Waals surface area contributed by atoms with Crippen LogP contribution in [0.1, 0.15) is 5.56 Å². The molecule has 0 radical (unpaired) electrons. The van der Waals surface area contributed by atoms with Crippen LogP contribution in [0.4, 0.5) is 4.79 Å². The van der Waals surface area contributed by atoms with Gasteiger partial charge in [-0.3, -0.25) is 0 Å². The summed E-state index contributed by atoms with van der Waals surface area (Å²) < 4.78 is 5.21. The molecule has 21 heavy (non-hydrogen) atoms. The third-order valence-electron chi connectivity index (χ3n) is 2.56. The van der Waals surface area contributed by atoms with Crippen LogP contribution in [0.2, 0.25) is 0 Å². The van der Waals surface area contributed by atoms with Crippen molar-refractivity contribution in [1.29, 1.82) is 0 Å². The molecular formula is C12H17N4NaO4. The fourth-order valence-electron chi connectivity index (χ4n) is 1.60. The molecule has 0 spiro atoms. The number of piperazine rings is 1. The van der Waals surface area contributed by atoms with Gasteiger partial charge in [0.05, 0.1) is 0 Å². The summed E-state index contributed by atoms with van der Waals surface area (Å²) in [5.74, 6) is 0. The van der Waals surface area contributed by atoms with Gasteiger partial charge in [-0.25, -0.2) is 4.79 Å². The van der Waals surface area contributed by atoms with Crippen LogP contribution in [0.5, 0.6) is 0 Å². The zero-order valence-corrected chi connectivity index (χ0v) is 13.9. The maximum absolute atomic E-state index is 11.6. The Morgan fingerprint density at radius 3 is 2.29 bits per heavy atom. The van der Waals surface area contributed by atoms with E-state index in [1.807, 2.05) is 30.3 Å². The molecule has 1 fully saturated rings. The summed E-state index contributed by atoms with van der Waals surface area (Å²) in [5, 5.41) is 23.2. The minimum absolute atomic E-state index is 0. The molecule has 1 saturated heterocycles. The van der Waals surface area contributed by atoms with Gasteiger partial charge < -0.3 is 25.4 Å². The molecule has 9 heteroatoms. The Labute approximate surface area is 145 Å². The average molecular weight is 304 g/mol. The number of benzene rings is 1. The zero-order valence-electron chi connectivity index (χ0n) is 11.9. The molecule has 110 valence electrons. The molecule has 0 unspecified atom stereocenters. The van der Waals surface area contributed by atoms with Crippen molar-refractivity contribution in [2.75, 3.05) is 26.2 Å². The van der Waals surface area contributed by atoms with Crippen LogP contribution in [-0.4, -0.2) is 37.2 Å². The van der Waals surface area contributed by atoms with E-state index in [0.717, 1.165) is 29.2 Å². The summed E-state index contributed by atoms with van der Waals surface area (Å²) in [6.45, 7) is 3.13. The van der Waals surface area contributed by atoms with Crippen LogP contribution < -0.4 is 40.1 Å². The van der Waals surface area contributed by atoms with Gasteiger partial charge in [-0.2, -0.15) is 0 Å². The number of carbonyl (C=O) groups excluding carboxylic acids is 1. The molecule has 0 atom stereocenters. The predicted molar refractivity (Wildman–Crippen MR) is 70.0 cm³/mol. The number of rotatable bonds is 2. The van der Waals surface area contributed by atoms with Crippen molar-refractivity contribution >= 4 is 6.09 Å². The van der Waals surface area contributed by atoms with Crippen molar-refractivity contribution < 1.29 is 49.6 Å². The number of hydrogen-bond donors (Lipinski definition) is 2. The van der Waals surface area contributed by atoms with Gasteiger partial charge in [-0.1, -0.05) is 30.3 Å². The van der Waals surface area contributed by atoms with Gasteiger partial charge >= 0.3 is 35.7 Å². The van der Waals surface area contributed by atoms with Gasteiger partial charge in [-0.15, -0.1) is 13.1 Å². The zero-order chi connectivity index (χ0) is 14.6. The van der Waals surface area contributed by atoms with Gasteiger partial charge in [0.25, 0.3) is 0 Å². The average Bonchev–Trinajstić information content (AvgIpc) is 2.54. The fraction of sp³-hybridized carbons (Fsp3) is 0.417. The molecule has 0 saturated carbocycles. The van der Waals surface area contributed by atoms with E-state index in [2.05, 4.69) is 5.32 Å². The summed E-state index contributed by atoms with van der Waals surface area (Å²) in [6.07, 6.45) is -0.237. The first kappa shape index (κ1) is 19.7. The van der Waals surface area contributed by atoms with Crippen LogP contribution in [0, 0.1) is 10.4 Å². The summed E-state index contributed by atoms with van der Waals surface area (Å²) in [5.41, 5.74) is 1.01. The van der Waals surface area contributed by atoms with Gasteiger partial charge in [0.2, 0.25) is 0 Å². The SMILES string of the molecule is O=C(OCc1ccccc1)N1CC[N-]CC1.[Na+].[O-][NH+]=[NH+][O-]. The molecule has 2 rings (SSSR count). The van der Waals surface area contributed by atoms with Crippen LogP contribution in [-0.2, 0) is 11.3 Å². The van der Waals surface area contributed by atoms with Crippen molar-refractivity contribution in [3.8, 4) is 0 Å². The maximum Gasteiger partial charge on any atom is 1.00 e. The van der Waals surface area contributed by atoms with E-state index in [-0.39, 0.29) is 35.7 Å². The summed E-state index contributed by atoms with van der Waals surface area (Å²) >= 11 is 0. The van der Waals surface area contributed by atoms with E-state index in [1.165, 1.54) is 0 Å². The Balaban J connectivity index is 0.000000715. The smallest absolute Gasteiger partial charge is 0.659 e. The second-order valence-electron chi connectivity index (χ2n) is 3.90. The largest absolute Gasteiger partial charge is 1.00 e. The van der Waals surface area contributed by atoms with Crippen LogP contribution in [0.3, 0.4) is 0 Å². The molecule has 1 heterocycles. The molecule has 0 aliphatic carbocycles.